The predicted octanol–water partition coefficient (Wildman–Crippen LogP) is 2.65. The molecule has 0 bridgehead atoms. The number of aromatic nitrogens is 3. The number of aryl methyl sites for hydroxylation is 3. The molecule has 1 saturated heterocycles. The normalized spacial score (nSPS) is 19.0. The van der Waals surface area contributed by atoms with Crippen LogP contribution >= 0.6 is 0 Å². The number of nitrogens with zero attached hydrogens (tertiary/aromatic N) is 5. The molecule has 21 heavy (non-hydrogen) atoms. The molecule has 3 rings (SSSR count). The summed E-state index contributed by atoms with van der Waals surface area (Å²) >= 11 is 0. The zero-order chi connectivity index (χ0) is 15.0. The van der Waals surface area contributed by atoms with E-state index in [-0.39, 0.29) is 5.92 Å². The van der Waals surface area contributed by atoms with Crippen molar-refractivity contribution in [1.82, 2.24) is 14.6 Å². The van der Waals surface area contributed by atoms with Crippen LogP contribution in [0.2, 0.25) is 0 Å². The minimum atomic E-state index is 0.116. The van der Waals surface area contributed by atoms with E-state index in [1.807, 2.05) is 11.4 Å². The Morgan fingerprint density at radius 1 is 1.43 bits per heavy atom. The van der Waals surface area contributed by atoms with Crippen LogP contribution in [-0.4, -0.2) is 27.7 Å². The van der Waals surface area contributed by atoms with Gasteiger partial charge in [-0.3, -0.25) is 0 Å². The molecule has 0 N–H and O–H groups in total. The van der Waals surface area contributed by atoms with Crippen LogP contribution in [0, 0.1) is 31.1 Å². The first-order chi connectivity index (χ1) is 10.1. The summed E-state index contributed by atoms with van der Waals surface area (Å²) in [5.74, 6) is 1.19. The Hall–Kier alpha value is -2.09. The second kappa shape index (κ2) is 5.36. The number of hydrogen-bond acceptors (Lipinski definition) is 4. The first kappa shape index (κ1) is 13.9. The van der Waals surface area contributed by atoms with Gasteiger partial charge in [0, 0.05) is 30.4 Å². The molecule has 0 saturated carbocycles. The minimum Gasteiger partial charge on any atom is -0.355 e. The number of nitriles is 1. The van der Waals surface area contributed by atoms with Gasteiger partial charge in [0.15, 0.2) is 5.65 Å². The lowest BCUT2D eigenvalue weighted by molar-refractivity contribution is 0.487. The van der Waals surface area contributed by atoms with Crippen LogP contribution in [0.15, 0.2) is 6.07 Å². The molecular weight excluding hydrogens is 262 g/mol. The van der Waals surface area contributed by atoms with Crippen molar-refractivity contribution in [2.75, 3.05) is 18.0 Å². The summed E-state index contributed by atoms with van der Waals surface area (Å²) in [5, 5.41) is 13.9. The molecule has 3 heterocycles. The summed E-state index contributed by atoms with van der Waals surface area (Å²) in [4.78, 5) is 7.01. The Balaban J connectivity index is 2.12. The highest BCUT2D eigenvalue weighted by molar-refractivity contribution is 5.57. The lowest BCUT2D eigenvalue weighted by atomic mass is 10.00. The Morgan fingerprint density at radius 2 is 2.24 bits per heavy atom. The van der Waals surface area contributed by atoms with Gasteiger partial charge in [0.1, 0.15) is 5.82 Å². The fraction of sp³-hybridized carbons (Fsp3) is 0.562. The average Bonchev–Trinajstić information content (AvgIpc) is 2.81. The van der Waals surface area contributed by atoms with E-state index < -0.39 is 0 Å². The van der Waals surface area contributed by atoms with Crippen molar-refractivity contribution >= 4 is 11.5 Å². The molecular formula is C16H21N5. The van der Waals surface area contributed by atoms with E-state index in [2.05, 4.69) is 36.0 Å². The number of piperidine rings is 1. The third kappa shape index (κ3) is 2.35. The molecule has 1 atom stereocenters. The fourth-order valence-corrected chi connectivity index (χ4v) is 2.96. The Bertz CT molecular complexity index is 710. The summed E-state index contributed by atoms with van der Waals surface area (Å²) < 4.78 is 1.95. The summed E-state index contributed by atoms with van der Waals surface area (Å²) in [6, 6.07) is 4.53. The summed E-state index contributed by atoms with van der Waals surface area (Å²) in [7, 11) is 0. The van der Waals surface area contributed by atoms with Gasteiger partial charge in [-0.1, -0.05) is 6.92 Å². The minimum absolute atomic E-state index is 0.116. The van der Waals surface area contributed by atoms with Gasteiger partial charge in [0.2, 0.25) is 0 Å². The van der Waals surface area contributed by atoms with Crippen molar-refractivity contribution in [2.24, 2.45) is 5.92 Å². The molecule has 2 aromatic rings. The number of anilines is 1. The fourth-order valence-electron chi connectivity index (χ4n) is 2.96. The molecule has 1 aliphatic rings. The molecule has 0 radical (unpaired) electrons. The summed E-state index contributed by atoms with van der Waals surface area (Å²) in [5.41, 5.74) is 4.19. The third-order valence-electron chi connectivity index (χ3n) is 4.38. The van der Waals surface area contributed by atoms with Crippen molar-refractivity contribution in [3.63, 3.8) is 0 Å². The van der Waals surface area contributed by atoms with Crippen molar-refractivity contribution in [3.05, 3.63) is 23.0 Å². The van der Waals surface area contributed by atoms with Crippen LogP contribution in [0.4, 0.5) is 5.82 Å². The van der Waals surface area contributed by atoms with Crippen LogP contribution in [0.5, 0.6) is 0 Å². The van der Waals surface area contributed by atoms with Gasteiger partial charge in [-0.2, -0.15) is 14.9 Å². The number of fused-ring (bicyclic) bond motifs is 1. The largest absolute Gasteiger partial charge is 0.355 e. The van der Waals surface area contributed by atoms with Crippen molar-refractivity contribution in [3.8, 4) is 6.07 Å². The molecule has 110 valence electrons. The van der Waals surface area contributed by atoms with E-state index in [1.165, 1.54) is 0 Å². The Labute approximate surface area is 125 Å². The monoisotopic (exact) mass is 283 g/mol. The zero-order valence-corrected chi connectivity index (χ0v) is 12.9. The summed E-state index contributed by atoms with van der Waals surface area (Å²) in [6.45, 7) is 7.99. The predicted molar refractivity (Wildman–Crippen MR) is 82.4 cm³/mol. The number of hydrogen-bond donors (Lipinski definition) is 0. The average molecular weight is 283 g/mol. The lowest BCUT2D eigenvalue weighted by Crippen LogP contribution is -2.36. The smallest absolute Gasteiger partial charge is 0.160 e. The van der Waals surface area contributed by atoms with Gasteiger partial charge in [-0.15, -0.1) is 0 Å². The van der Waals surface area contributed by atoms with E-state index in [0.29, 0.717) is 0 Å². The van der Waals surface area contributed by atoms with Gasteiger partial charge in [0.05, 0.1) is 17.7 Å². The molecule has 0 aliphatic carbocycles. The van der Waals surface area contributed by atoms with Crippen LogP contribution < -0.4 is 4.90 Å². The maximum absolute atomic E-state index is 9.21. The lowest BCUT2D eigenvalue weighted by Gasteiger charge is -2.31. The van der Waals surface area contributed by atoms with E-state index in [9.17, 15) is 5.26 Å². The second-order valence-corrected chi connectivity index (χ2v) is 5.82. The topological polar surface area (TPSA) is 57.2 Å². The Morgan fingerprint density at radius 3 is 2.95 bits per heavy atom. The molecule has 5 heteroatoms. The quantitative estimate of drug-likeness (QED) is 0.850. The first-order valence-electron chi connectivity index (χ1n) is 7.64. The van der Waals surface area contributed by atoms with Crippen LogP contribution in [0.1, 0.15) is 36.7 Å². The third-order valence-corrected chi connectivity index (χ3v) is 4.38. The van der Waals surface area contributed by atoms with Gasteiger partial charge >= 0.3 is 0 Å². The van der Waals surface area contributed by atoms with Gasteiger partial charge in [-0.25, -0.2) is 4.98 Å². The molecule has 0 amide bonds. The highest BCUT2D eigenvalue weighted by Crippen LogP contribution is 2.26. The van der Waals surface area contributed by atoms with Gasteiger partial charge in [0.25, 0.3) is 0 Å². The standard InChI is InChI=1S/C16H21N5/c1-4-14-8-15(20-7-5-6-13(9-17)10-20)21-16(18-14)11(2)12(3)19-21/h8,13H,4-7,10H2,1-3H3. The first-order valence-corrected chi connectivity index (χ1v) is 7.64. The van der Waals surface area contributed by atoms with E-state index >= 15 is 0 Å². The zero-order valence-electron chi connectivity index (χ0n) is 12.9. The van der Waals surface area contributed by atoms with Crippen LogP contribution in [-0.2, 0) is 6.42 Å². The van der Waals surface area contributed by atoms with E-state index in [1.54, 1.807) is 0 Å². The molecule has 2 aromatic heterocycles. The molecule has 0 aromatic carbocycles. The summed E-state index contributed by atoms with van der Waals surface area (Å²) in [6.07, 6.45) is 2.96. The molecule has 1 fully saturated rings. The van der Waals surface area contributed by atoms with E-state index in [0.717, 1.165) is 60.8 Å². The van der Waals surface area contributed by atoms with Crippen molar-refractivity contribution in [2.45, 2.75) is 40.0 Å². The molecule has 0 spiro atoms. The van der Waals surface area contributed by atoms with Gasteiger partial charge in [-0.05, 0) is 33.1 Å². The highest BCUT2D eigenvalue weighted by Gasteiger charge is 2.23. The maximum Gasteiger partial charge on any atom is 0.160 e. The molecule has 1 aliphatic heterocycles. The second-order valence-electron chi connectivity index (χ2n) is 5.82. The highest BCUT2D eigenvalue weighted by atomic mass is 15.4. The van der Waals surface area contributed by atoms with Crippen LogP contribution in [0.3, 0.4) is 0 Å². The number of rotatable bonds is 2. The van der Waals surface area contributed by atoms with Crippen molar-refractivity contribution < 1.29 is 0 Å². The van der Waals surface area contributed by atoms with E-state index in [4.69, 9.17) is 4.98 Å². The van der Waals surface area contributed by atoms with Crippen LogP contribution in [0.25, 0.3) is 5.65 Å². The molecule has 5 nitrogen and oxygen atoms in total. The van der Waals surface area contributed by atoms with Crippen molar-refractivity contribution in [1.29, 1.82) is 5.26 Å². The Kier molecular flexibility index (Phi) is 3.54. The maximum atomic E-state index is 9.21. The van der Waals surface area contributed by atoms with Gasteiger partial charge < -0.3 is 4.90 Å². The molecule has 1 unspecified atom stereocenters. The SMILES string of the molecule is CCc1cc(N2CCCC(C#N)C2)n2nc(C)c(C)c2n1.